The van der Waals surface area contributed by atoms with Crippen LogP contribution in [0.4, 0.5) is 10.5 Å². The van der Waals surface area contributed by atoms with Crippen LogP contribution in [-0.2, 0) is 17.7 Å². The van der Waals surface area contributed by atoms with Crippen LogP contribution in [0, 0.1) is 0 Å². The first-order valence-electron chi connectivity index (χ1n) is 8.99. The number of anilines is 1. The van der Waals surface area contributed by atoms with E-state index in [1.807, 2.05) is 32.0 Å². The van der Waals surface area contributed by atoms with E-state index in [0.717, 1.165) is 17.7 Å². The van der Waals surface area contributed by atoms with Crippen molar-refractivity contribution in [2.45, 2.75) is 32.9 Å². The van der Waals surface area contributed by atoms with Crippen LogP contribution in [0.2, 0.25) is 0 Å². The number of fused-ring (bicyclic) bond motifs is 1. The third kappa shape index (κ3) is 4.58. The molecule has 1 aliphatic heterocycles. The van der Waals surface area contributed by atoms with Crippen molar-refractivity contribution in [3.63, 3.8) is 0 Å². The van der Waals surface area contributed by atoms with E-state index >= 15 is 0 Å². The maximum absolute atomic E-state index is 12.5. The average Bonchev–Trinajstić information content (AvgIpc) is 2.66. The van der Waals surface area contributed by atoms with Crippen molar-refractivity contribution in [1.29, 1.82) is 0 Å². The smallest absolute Gasteiger partial charge is 0.409 e. The molecule has 0 saturated heterocycles. The van der Waals surface area contributed by atoms with Gasteiger partial charge < -0.3 is 19.7 Å². The van der Waals surface area contributed by atoms with Gasteiger partial charge in [-0.2, -0.15) is 0 Å². The lowest BCUT2D eigenvalue weighted by molar-refractivity contribution is 0.102. The first-order valence-corrected chi connectivity index (χ1v) is 8.99. The fourth-order valence-corrected chi connectivity index (χ4v) is 3.08. The Morgan fingerprint density at radius 2 is 1.81 bits per heavy atom. The molecule has 0 fully saturated rings. The minimum atomic E-state index is -0.334. The fourth-order valence-electron chi connectivity index (χ4n) is 3.08. The number of nitrogens with one attached hydrogen (secondary N) is 1. The Bertz CT molecular complexity index is 831. The summed E-state index contributed by atoms with van der Waals surface area (Å²) in [5.41, 5.74) is 3.46. The number of rotatable bonds is 4. The Hall–Kier alpha value is -3.02. The minimum absolute atomic E-state index is 0.0877. The minimum Gasteiger partial charge on any atom is -0.491 e. The standard InChI is InChI=1S/C21H24N2O4/c1-14(2)27-19-8-5-16(6-9-19)20(24)22-18-7-4-15-10-11-23(21(25)26-3)13-17(15)12-18/h4-9,12,14H,10-11,13H2,1-3H3,(H,22,24). The highest BCUT2D eigenvalue weighted by Gasteiger charge is 2.21. The lowest BCUT2D eigenvalue weighted by Gasteiger charge is -2.28. The maximum Gasteiger partial charge on any atom is 0.409 e. The first-order chi connectivity index (χ1) is 13.0. The number of hydrogen-bond donors (Lipinski definition) is 1. The molecule has 27 heavy (non-hydrogen) atoms. The molecule has 0 saturated carbocycles. The summed E-state index contributed by atoms with van der Waals surface area (Å²) in [6, 6.07) is 12.9. The van der Waals surface area contributed by atoms with Crippen molar-refractivity contribution >= 4 is 17.7 Å². The molecule has 2 aromatic carbocycles. The van der Waals surface area contributed by atoms with Crippen LogP contribution in [-0.4, -0.2) is 36.7 Å². The summed E-state index contributed by atoms with van der Waals surface area (Å²) < 4.78 is 10.4. The second-order valence-electron chi connectivity index (χ2n) is 6.77. The highest BCUT2D eigenvalue weighted by atomic mass is 16.5. The van der Waals surface area contributed by atoms with Gasteiger partial charge in [-0.05, 0) is 67.8 Å². The summed E-state index contributed by atoms with van der Waals surface area (Å²) in [6.07, 6.45) is 0.527. The predicted octanol–water partition coefficient (Wildman–Crippen LogP) is 3.85. The second-order valence-corrected chi connectivity index (χ2v) is 6.77. The largest absolute Gasteiger partial charge is 0.491 e. The summed E-state index contributed by atoms with van der Waals surface area (Å²) in [4.78, 5) is 25.9. The molecule has 1 aliphatic rings. The number of amides is 2. The third-order valence-electron chi connectivity index (χ3n) is 4.40. The molecular weight excluding hydrogens is 344 g/mol. The summed E-state index contributed by atoms with van der Waals surface area (Å²) in [7, 11) is 1.38. The van der Waals surface area contributed by atoms with Gasteiger partial charge in [-0.1, -0.05) is 6.07 Å². The van der Waals surface area contributed by atoms with E-state index < -0.39 is 0 Å². The molecular formula is C21H24N2O4. The lowest BCUT2D eigenvalue weighted by atomic mass is 9.99. The Labute approximate surface area is 159 Å². The Kier molecular flexibility index (Phi) is 5.64. The molecule has 0 aliphatic carbocycles. The zero-order valence-corrected chi connectivity index (χ0v) is 15.8. The number of carbonyl (C=O) groups excluding carboxylic acids is 2. The van der Waals surface area contributed by atoms with Gasteiger partial charge in [0.15, 0.2) is 0 Å². The zero-order valence-electron chi connectivity index (χ0n) is 15.8. The van der Waals surface area contributed by atoms with E-state index in [1.54, 1.807) is 29.2 Å². The van der Waals surface area contributed by atoms with Crippen LogP contribution < -0.4 is 10.1 Å². The molecule has 0 spiro atoms. The van der Waals surface area contributed by atoms with Gasteiger partial charge in [0, 0.05) is 24.3 Å². The number of hydrogen-bond acceptors (Lipinski definition) is 4. The molecule has 0 radical (unpaired) electrons. The Morgan fingerprint density at radius 3 is 2.48 bits per heavy atom. The number of methoxy groups -OCH3 is 1. The van der Waals surface area contributed by atoms with Gasteiger partial charge in [0.25, 0.3) is 5.91 Å². The molecule has 0 atom stereocenters. The number of ether oxygens (including phenoxy) is 2. The second kappa shape index (κ2) is 8.12. The normalized spacial score (nSPS) is 13.1. The van der Waals surface area contributed by atoms with Crippen molar-refractivity contribution in [3.8, 4) is 5.75 Å². The van der Waals surface area contributed by atoms with Gasteiger partial charge in [0.2, 0.25) is 0 Å². The highest BCUT2D eigenvalue weighted by molar-refractivity contribution is 6.04. The maximum atomic E-state index is 12.5. The molecule has 2 amide bonds. The van der Waals surface area contributed by atoms with E-state index in [2.05, 4.69) is 5.32 Å². The van der Waals surface area contributed by atoms with Gasteiger partial charge in [0.1, 0.15) is 5.75 Å². The Morgan fingerprint density at radius 1 is 1.07 bits per heavy atom. The number of nitrogens with zero attached hydrogens (tertiary/aromatic N) is 1. The molecule has 0 bridgehead atoms. The molecule has 142 valence electrons. The predicted molar refractivity (Wildman–Crippen MR) is 103 cm³/mol. The SMILES string of the molecule is COC(=O)N1CCc2ccc(NC(=O)c3ccc(OC(C)C)cc3)cc2C1. The van der Waals surface area contributed by atoms with Crippen molar-refractivity contribution < 1.29 is 19.1 Å². The Balaban J connectivity index is 1.69. The van der Waals surface area contributed by atoms with Gasteiger partial charge in [-0.3, -0.25) is 4.79 Å². The summed E-state index contributed by atoms with van der Waals surface area (Å²) in [6.45, 7) is 5.03. The topological polar surface area (TPSA) is 67.9 Å². The van der Waals surface area contributed by atoms with E-state index in [4.69, 9.17) is 9.47 Å². The highest BCUT2D eigenvalue weighted by Crippen LogP contribution is 2.24. The lowest BCUT2D eigenvalue weighted by Crippen LogP contribution is -2.35. The van der Waals surface area contributed by atoms with Crippen LogP contribution in [0.5, 0.6) is 5.75 Å². The van der Waals surface area contributed by atoms with Crippen LogP contribution in [0.15, 0.2) is 42.5 Å². The van der Waals surface area contributed by atoms with Gasteiger partial charge in [-0.15, -0.1) is 0 Å². The summed E-state index contributed by atoms with van der Waals surface area (Å²) >= 11 is 0. The molecule has 6 nitrogen and oxygen atoms in total. The molecule has 0 unspecified atom stereocenters. The van der Waals surface area contributed by atoms with Crippen LogP contribution in [0.25, 0.3) is 0 Å². The fraction of sp³-hybridized carbons (Fsp3) is 0.333. The van der Waals surface area contributed by atoms with Crippen molar-refractivity contribution in [1.82, 2.24) is 4.90 Å². The summed E-state index contributed by atoms with van der Waals surface area (Å²) in [5.74, 6) is 0.546. The molecule has 2 aromatic rings. The van der Waals surface area contributed by atoms with E-state index in [1.165, 1.54) is 12.7 Å². The summed E-state index contributed by atoms with van der Waals surface area (Å²) in [5, 5.41) is 2.91. The van der Waals surface area contributed by atoms with Gasteiger partial charge in [-0.25, -0.2) is 4.79 Å². The monoisotopic (exact) mass is 368 g/mol. The number of benzene rings is 2. The third-order valence-corrected chi connectivity index (χ3v) is 4.40. The molecule has 0 aromatic heterocycles. The van der Waals surface area contributed by atoms with Crippen LogP contribution >= 0.6 is 0 Å². The van der Waals surface area contributed by atoms with E-state index in [0.29, 0.717) is 24.3 Å². The molecule has 1 N–H and O–H groups in total. The molecule has 6 heteroatoms. The first kappa shape index (κ1) is 18.8. The van der Waals surface area contributed by atoms with Gasteiger partial charge >= 0.3 is 6.09 Å². The van der Waals surface area contributed by atoms with Crippen molar-refractivity contribution in [3.05, 3.63) is 59.2 Å². The average molecular weight is 368 g/mol. The molecule has 3 rings (SSSR count). The molecule has 1 heterocycles. The number of carbonyl (C=O) groups is 2. The van der Waals surface area contributed by atoms with Crippen molar-refractivity contribution in [2.24, 2.45) is 0 Å². The van der Waals surface area contributed by atoms with E-state index in [-0.39, 0.29) is 18.1 Å². The van der Waals surface area contributed by atoms with Crippen LogP contribution in [0.3, 0.4) is 0 Å². The van der Waals surface area contributed by atoms with E-state index in [9.17, 15) is 9.59 Å². The zero-order chi connectivity index (χ0) is 19.4. The van der Waals surface area contributed by atoms with Gasteiger partial charge in [0.05, 0.1) is 13.2 Å². The van der Waals surface area contributed by atoms with Crippen LogP contribution in [0.1, 0.15) is 35.3 Å². The van der Waals surface area contributed by atoms with Crippen molar-refractivity contribution in [2.75, 3.05) is 19.0 Å². The quantitative estimate of drug-likeness (QED) is 0.890.